The summed E-state index contributed by atoms with van der Waals surface area (Å²) >= 11 is 0. The van der Waals surface area contributed by atoms with E-state index in [4.69, 9.17) is 11.0 Å². The molecule has 0 spiro atoms. The first kappa shape index (κ1) is 12.9. The van der Waals surface area contributed by atoms with Gasteiger partial charge >= 0.3 is 0 Å². The summed E-state index contributed by atoms with van der Waals surface area (Å²) in [4.78, 5) is 13.6. The second-order valence-corrected chi connectivity index (χ2v) is 7.03. The molecule has 4 nitrogen and oxygen atoms in total. The Morgan fingerprint density at radius 2 is 1.74 bits per heavy atom. The largest absolute Gasteiger partial charge is 0.328 e. The van der Waals surface area contributed by atoms with E-state index in [0.717, 1.165) is 24.3 Å². The number of amides is 1. The van der Waals surface area contributed by atoms with Gasteiger partial charge < -0.3 is 10.6 Å². The molecule has 0 atom stereocenters. The van der Waals surface area contributed by atoms with Crippen molar-refractivity contribution in [1.29, 1.82) is 5.26 Å². The van der Waals surface area contributed by atoms with Crippen molar-refractivity contribution in [3.8, 4) is 6.07 Å². The van der Waals surface area contributed by atoms with Crippen molar-refractivity contribution < 1.29 is 4.79 Å². The zero-order valence-corrected chi connectivity index (χ0v) is 11.5. The van der Waals surface area contributed by atoms with Gasteiger partial charge in [-0.15, -0.1) is 0 Å². The molecule has 4 bridgehead atoms. The van der Waals surface area contributed by atoms with Crippen molar-refractivity contribution in [2.24, 2.45) is 28.9 Å². The van der Waals surface area contributed by atoms with E-state index < -0.39 is 0 Å². The number of hydrogen-bond acceptors (Lipinski definition) is 3. The number of nitriles is 1. The molecule has 4 rings (SSSR count). The first-order valence-electron chi connectivity index (χ1n) is 7.49. The van der Waals surface area contributed by atoms with E-state index in [-0.39, 0.29) is 19.0 Å². The standard InChI is InChI=1S/C15H23N3O/c16-1-2-18(14(19)9-17)10-15-6-11-3-12(7-15)5-13(4-11)8-15/h11-13H,2-10,17H2. The summed E-state index contributed by atoms with van der Waals surface area (Å²) in [6.07, 6.45) is 8.00. The van der Waals surface area contributed by atoms with Crippen molar-refractivity contribution in [3.63, 3.8) is 0 Å². The van der Waals surface area contributed by atoms with Gasteiger partial charge in [-0.25, -0.2) is 0 Å². The van der Waals surface area contributed by atoms with Crippen LogP contribution in [-0.4, -0.2) is 30.4 Å². The maximum absolute atomic E-state index is 11.9. The summed E-state index contributed by atoms with van der Waals surface area (Å²) in [7, 11) is 0. The fourth-order valence-corrected chi connectivity index (χ4v) is 5.34. The molecule has 4 heteroatoms. The topological polar surface area (TPSA) is 70.1 Å². The molecule has 0 unspecified atom stereocenters. The van der Waals surface area contributed by atoms with Crippen LogP contribution >= 0.6 is 0 Å². The molecule has 4 saturated carbocycles. The lowest BCUT2D eigenvalue weighted by atomic mass is 9.49. The lowest BCUT2D eigenvalue weighted by Gasteiger charge is -2.57. The lowest BCUT2D eigenvalue weighted by molar-refractivity contribution is -0.134. The Bertz CT molecular complexity index is 377. The van der Waals surface area contributed by atoms with Crippen LogP contribution in [-0.2, 0) is 4.79 Å². The highest BCUT2D eigenvalue weighted by molar-refractivity contribution is 5.78. The van der Waals surface area contributed by atoms with Crippen LogP contribution in [0.15, 0.2) is 0 Å². The van der Waals surface area contributed by atoms with E-state index in [9.17, 15) is 4.79 Å². The molecule has 4 aliphatic rings. The first-order valence-corrected chi connectivity index (χ1v) is 7.49. The Hall–Kier alpha value is -1.08. The highest BCUT2D eigenvalue weighted by Crippen LogP contribution is 2.60. The third kappa shape index (κ3) is 2.36. The molecule has 104 valence electrons. The van der Waals surface area contributed by atoms with E-state index in [2.05, 4.69) is 6.07 Å². The minimum absolute atomic E-state index is 0.0219. The molecule has 19 heavy (non-hydrogen) atoms. The normalized spacial score (nSPS) is 39.1. The van der Waals surface area contributed by atoms with Gasteiger partial charge in [-0.2, -0.15) is 5.26 Å². The molecule has 0 saturated heterocycles. The molecule has 2 N–H and O–H groups in total. The summed E-state index contributed by atoms with van der Waals surface area (Å²) in [6, 6.07) is 2.12. The van der Waals surface area contributed by atoms with Gasteiger partial charge in [0, 0.05) is 6.54 Å². The third-order valence-electron chi connectivity index (χ3n) is 5.48. The van der Waals surface area contributed by atoms with Gasteiger partial charge in [0.25, 0.3) is 0 Å². The second kappa shape index (κ2) is 4.79. The van der Waals surface area contributed by atoms with Crippen LogP contribution < -0.4 is 5.73 Å². The molecule has 0 aromatic heterocycles. The predicted molar refractivity (Wildman–Crippen MR) is 71.9 cm³/mol. The van der Waals surface area contributed by atoms with Gasteiger partial charge in [0.1, 0.15) is 6.54 Å². The smallest absolute Gasteiger partial charge is 0.237 e. The van der Waals surface area contributed by atoms with E-state index in [1.54, 1.807) is 4.90 Å². The van der Waals surface area contributed by atoms with Gasteiger partial charge in [0.15, 0.2) is 0 Å². The summed E-state index contributed by atoms with van der Waals surface area (Å²) in [5.41, 5.74) is 5.77. The van der Waals surface area contributed by atoms with Gasteiger partial charge in [-0.1, -0.05) is 0 Å². The van der Waals surface area contributed by atoms with Crippen LogP contribution in [0.1, 0.15) is 38.5 Å². The summed E-state index contributed by atoms with van der Waals surface area (Å²) < 4.78 is 0. The maximum atomic E-state index is 11.9. The molecular weight excluding hydrogens is 238 g/mol. The zero-order valence-electron chi connectivity index (χ0n) is 11.5. The van der Waals surface area contributed by atoms with Crippen LogP contribution in [0.3, 0.4) is 0 Å². The number of hydrogen-bond donors (Lipinski definition) is 1. The summed E-state index contributed by atoms with van der Waals surface area (Å²) in [6.45, 7) is 0.978. The fourth-order valence-electron chi connectivity index (χ4n) is 5.34. The van der Waals surface area contributed by atoms with Crippen molar-refractivity contribution >= 4 is 5.91 Å². The molecule has 0 aromatic carbocycles. The summed E-state index contributed by atoms with van der Waals surface area (Å²) in [5.74, 6) is 2.56. The van der Waals surface area contributed by atoms with Gasteiger partial charge in [0.05, 0.1) is 12.6 Å². The van der Waals surface area contributed by atoms with E-state index in [1.807, 2.05) is 0 Å². The molecule has 4 aliphatic carbocycles. The number of rotatable bonds is 4. The van der Waals surface area contributed by atoms with Gasteiger partial charge in [0.2, 0.25) is 5.91 Å². The molecule has 0 aromatic rings. The van der Waals surface area contributed by atoms with Crippen molar-refractivity contribution in [2.45, 2.75) is 38.5 Å². The Balaban J connectivity index is 1.74. The van der Waals surface area contributed by atoms with Crippen molar-refractivity contribution in [2.75, 3.05) is 19.6 Å². The number of carbonyl (C=O) groups excluding carboxylic acids is 1. The molecule has 0 radical (unpaired) electrons. The second-order valence-electron chi connectivity index (χ2n) is 7.03. The van der Waals surface area contributed by atoms with E-state index >= 15 is 0 Å². The van der Waals surface area contributed by atoms with Gasteiger partial charge in [-0.05, 0) is 61.7 Å². The van der Waals surface area contributed by atoms with E-state index in [0.29, 0.717) is 5.41 Å². The van der Waals surface area contributed by atoms with Crippen molar-refractivity contribution in [1.82, 2.24) is 4.90 Å². The highest BCUT2D eigenvalue weighted by Gasteiger charge is 2.51. The average Bonchev–Trinajstić information content (AvgIpc) is 2.35. The molecule has 0 heterocycles. The third-order valence-corrected chi connectivity index (χ3v) is 5.48. The number of nitrogens with two attached hydrogens (primary N) is 1. The monoisotopic (exact) mass is 261 g/mol. The average molecular weight is 261 g/mol. The Kier molecular flexibility index (Phi) is 3.26. The first-order chi connectivity index (χ1) is 9.14. The van der Waals surface area contributed by atoms with Crippen LogP contribution in [0.25, 0.3) is 0 Å². The van der Waals surface area contributed by atoms with Gasteiger partial charge in [-0.3, -0.25) is 4.79 Å². The number of carbonyl (C=O) groups is 1. The lowest BCUT2D eigenvalue weighted by Crippen LogP contribution is -2.53. The molecular formula is C15H23N3O. The highest BCUT2D eigenvalue weighted by atomic mass is 16.2. The maximum Gasteiger partial charge on any atom is 0.237 e. The Morgan fingerprint density at radius 3 is 2.16 bits per heavy atom. The van der Waals surface area contributed by atoms with Crippen LogP contribution in [0.5, 0.6) is 0 Å². The van der Waals surface area contributed by atoms with Crippen LogP contribution in [0, 0.1) is 34.5 Å². The van der Waals surface area contributed by atoms with Crippen LogP contribution in [0.2, 0.25) is 0 Å². The summed E-state index contributed by atoms with van der Waals surface area (Å²) in [5, 5.41) is 8.91. The molecule has 4 fully saturated rings. The SMILES string of the molecule is N#CCN(CC12CC3CC(CC(C3)C1)C2)C(=O)CN. The predicted octanol–water partition coefficient (Wildman–Crippen LogP) is 1.51. The Labute approximate surface area is 114 Å². The Morgan fingerprint density at radius 1 is 1.21 bits per heavy atom. The quantitative estimate of drug-likeness (QED) is 0.780. The molecule has 0 aliphatic heterocycles. The zero-order chi connectivity index (χ0) is 13.5. The molecule has 1 amide bonds. The van der Waals surface area contributed by atoms with Crippen molar-refractivity contribution in [3.05, 3.63) is 0 Å². The van der Waals surface area contributed by atoms with E-state index in [1.165, 1.54) is 38.5 Å². The number of nitrogens with zero attached hydrogens (tertiary/aromatic N) is 2. The fraction of sp³-hybridized carbons (Fsp3) is 0.867. The minimum atomic E-state index is -0.0719. The minimum Gasteiger partial charge on any atom is -0.328 e. The van der Waals surface area contributed by atoms with Crippen LogP contribution in [0.4, 0.5) is 0 Å².